The Balaban J connectivity index is 2.13. The van der Waals surface area contributed by atoms with Crippen molar-refractivity contribution in [1.29, 1.82) is 0 Å². The van der Waals surface area contributed by atoms with Crippen molar-refractivity contribution in [2.24, 2.45) is 5.41 Å². The summed E-state index contributed by atoms with van der Waals surface area (Å²) in [4.78, 5) is 11.2. The summed E-state index contributed by atoms with van der Waals surface area (Å²) in [6, 6.07) is 0.342. The van der Waals surface area contributed by atoms with Gasteiger partial charge in [0.15, 0.2) is 0 Å². The second-order valence-corrected chi connectivity index (χ2v) is 3.94. The molecule has 2 heterocycles. The molecule has 2 fully saturated rings. The van der Waals surface area contributed by atoms with Gasteiger partial charge in [-0.25, -0.2) is 0 Å². The fourth-order valence-electron chi connectivity index (χ4n) is 2.31. The van der Waals surface area contributed by atoms with E-state index >= 15 is 0 Å². The lowest BCUT2D eigenvalue weighted by Gasteiger charge is -2.35. The topological polar surface area (TPSA) is 38.3 Å². The molecule has 0 aromatic heterocycles. The highest BCUT2D eigenvalue weighted by Crippen LogP contribution is 2.40. The number of carbonyl (C=O) groups excluding carboxylic acids is 1. The maximum absolute atomic E-state index is 11.2. The van der Waals surface area contributed by atoms with Crippen molar-refractivity contribution in [1.82, 2.24) is 5.32 Å². The Morgan fingerprint density at radius 3 is 2.67 bits per heavy atom. The highest BCUT2D eigenvalue weighted by atomic mass is 16.5. The molecule has 1 spiro atoms. The molecule has 3 nitrogen and oxygen atoms in total. The van der Waals surface area contributed by atoms with Crippen molar-refractivity contribution in [2.75, 3.05) is 13.2 Å². The molecule has 2 saturated heterocycles. The summed E-state index contributed by atoms with van der Waals surface area (Å²) in [5.74, 6) is 0.212. The molecule has 0 aromatic rings. The summed E-state index contributed by atoms with van der Waals surface area (Å²) >= 11 is 0. The normalized spacial score (nSPS) is 33.8. The van der Waals surface area contributed by atoms with Crippen LogP contribution in [0.15, 0.2) is 0 Å². The van der Waals surface area contributed by atoms with Crippen LogP contribution in [-0.2, 0) is 9.53 Å². The molecule has 1 unspecified atom stereocenters. The van der Waals surface area contributed by atoms with Crippen LogP contribution in [0.4, 0.5) is 0 Å². The largest absolute Gasteiger partial charge is 0.381 e. The SMILES string of the molecule is CC1NC(=O)CC12CCOCC2. The summed E-state index contributed by atoms with van der Waals surface area (Å²) in [7, 11) is 0. The summed E-state index contributed by atoms with van der Waals surface area (Å²) in [5.41, 5.74) is 0.218. The highest BCUT2D eigenvalue weighted by Gasteiger charge is 2.44. The third-order valence-corrected chi connectivity index (χ3v) is 3.30. The number of nitrogens with one attached hydrogen (secondary N) is 1. The third-order valence-electron chi connectivity index (χ3n) is 3.30. The van der Waals surface area contributed by atoms with Gasteiger partial charge in [-0.15, -0.1) is 0 Å². The smallest absolute Gasteiger partial charge is 0.220 e. The Morgan fingerprint density at radius 1 is 1.50 bits per heavy atom. The van der Waals surface area contributed by atoms with E-state index in [1.54, 1.807) is 0 Å². The van der Waals surface area contributed by atoms with E-state index in [9.17, 15) is 4.79 Å². The van der Waals surface area contributed by atoms with Crippen molar-refractivity contribution in [3.05, 3.63) is 0 Å². The molecular weight excluding hydrogens is 154 g/mol. The van der Waals surface area contributed by atoms with Gasteiger partial charge in [-0.05, 0) is 19.8 Å². The Labute approximate surface area is 72.5 Å². The number of rotatable bonds is 0. The van der Waals surface area contributed by atoms with Gasteiger partial charge in [-0.1, -0.05) is 0 Å². The quantitative estimate of drug-likeness (QED) is 0.579. The van der Waals surface area contributed by atoms with Gasteiger partial charge in [0.25, 0.3) is 0 Å². The van der Waals surface area contributed by atoms with Crippen molar-refractivity contribution >= 4 is 5.91 Å². The van der Waals surface area contributed by atoms with E-state index in [2.05, 4.69) is 12.2 Å². The maximum atomic E-state index is 11.2. The van der Waals surface area contributed by atoms with Crippen molar-refractivity contribution in [2.45, 2.75) is 32.2 Å². The fraction of sp³-hybridized carbons (Fsp3) is 0.889. The molecule has 12 heavy (non-hydrogen) atoms. The van der Waals surface area contributed by atoms with Gasteiger partial charge in [0.1, 0.15) is 0 Å². The molecule has 0 bridgehead atoms. The third kappa shape index (κ3) is 1.12. The molecule has 0 radical (unpaired) electrons. The van der Waals surface area contributed by atoms with E-state index in [0.29, 0.717) is 12.5 Å². The summed E-state index contributed by atoms with van der Waals surface area (Å²) in [5, 5.41) is 2.98. The number of carbonyl (C=O) groups is 1. The zero-order chi connectivity index (χ0) is 8.60. The zero-order valence-electron chi connectivity index (χ0n) is 7.43. The second kappa shape index (κ2) is 2.73. The van der Waals surface area contributed by atoms with Crippen LogP contribution in [0, 0.1) is 5.41 Å². The van der Waals surface area contributed by atoms with Gasteiger partial charge in [-0.2, -0.15) is 0 Å². The fourth-order valence-corrected chi connectivity index (χ4v) is 2.31. The van der Waals surface area contributed by atoms with Crippen LogP contribution < -0.4 is 5.32 Å². The minimum atomic E-state index is 0.212. The lowest BCUT2D eigenvalue weighted by atomic mass is 9.74. The van der Waals surface area contributed by atoms with Gasteiger partial charge < -0.3 is 10.1 Å². The molecule has 1 N–H and O–H groups in total. The molecule has 0 aromatic carbocycles. The molecule has 1 amide bonds. The highest BCUT2D eigenvalue weighted by molar-refractivity contribution is 5.79. The second-order valence-electron chi connectivity index (χ2n) is 3.94. The predicted molar refractivity (Wildman–Crippen MR) is 44.7 cm³/mol. The molecule has 3 heteroatoms. The van der Waals surface area contributed by atoms with Gasteiger partial charge in [0, 0.05) is 31.1 Å². The molecule has 0 saturated carbocycles. The minimum Gasteiger partial charge on any atom is -0.381 e. The lowest BCUT2D eigenvalue weighted by molar-refractivity contribution is -0.120. The number of hydrogen-bond acceptors (Lipinski definition) is 2. The van der Waals surface area contributed by atoms with Gasteiger partial charge >= 0.3 is 0 Å². The van der Waals surface area contributed by atoms with Crippen LogP contribution in [0.3, 0.4) is 0 Å². The molecular formula is C9H15NO2. The van der Waals surface area contributed by atoms with Crippen LogP contribution in [0.25, 0.3) is 0 Å². The molecule has 1 atom stereocenters. The first kappa shape index (κ1) is 8.05. The molecule has 0 aliphatic carbocycles. The van der Waals surface area contributed by atoms with Crippen molar-refractivity contribution < 1.29 is 9.53 Å². The Kier molecular flexibility index (Phi) is 1.83. The lowest BCUT2D eigenvalue weighted by Crippen LogP contribution is -2.38. The van der Waals surface area contributed by atoms with Crippen LogP contribution in [0.2, 0.25) is 0 Å². The van der Waals surface area contributed by atoms with Gasteiger partial charge in [-0.3, -0.25) is 4.79 Å². The molecule has 2 rings (SSSR count). The Hall–Kier alpha value is -0.570. The van der Waals surface area contributed by atoms with Crippen LogP contribution in [0.1, 0.15) is 26.2 Å². The van der Waals surface area contributed by atoms with Crippen LogP contribution in [-0.4, -0.2) is 25.2 Å². The van der Waals surface area contributed by atoms with E-state index in [1.165, 1.54) is 0 Å². The van der Waals surface area contributed by atoms with Gasteiger partial charge in [0.2, 0.25) is 5.91 Å². The van der Waals surface area contributed by atoms with E-state index in [1.807, 2.05) is 0 Å². The average Bonchev–Trinajstić information content (AvgIpc) is 2.29. The predicted octanol–water partition coefficient (Wildman–Crippen LogP) is 0.692. The van der Waals surface area contributed by atoms with E-state index < -0.39 is 0 Å². The summed E-state index contributed by atoms with van der Waals surface area (Å²) in [6.45, 7) is 3.74. The number of ether oxygens (including phenoxy) is 1. The zero-order valence-corrected chi connectivity index (χ0v) is 7.43. The van der Waals surface area contributed by atoms with E-state index in [-0.39, 0.29) is 11.3 Å². The Bertz CT molecular complexity index is 197. The molecule has 2 aliphatic heterocycles. The molecule has 2 aliphatic rings. The standard InChI is InChI=1S/C9H15NO2/c1-7-9(6-8(11)10-7)2-4-12-5-3-9/h7H,2-6H2,1H3,(H,10,11). The summed E-state index contributed by atoms with van der Waals surface area (Å²) < 4.78 is 5.30. The van der Waals surface area contributed by atoms with Gasteiger partial charge in [0.05, 0.1) is 0 Å². The van der Waals surface area contributed by atoms with E-state index in [0.717, 1.165) is 26.1 Å². The Morgan fingerprint density at radius 2 is 2.17 bits per heavy atom. The molecule has 68 valence electrons. The van der Waals surface area contributed by atoms with Crippen LogP contribution >= 0.6 is 0 Å². The van der Waals surface area contributed by atoms with Crippen LogP contribution in [0.5, 0.6) is 0 Å². The van der Waals surface area contributed by atoms with Crippen molar-refractivity contribution in [3.8, 4) is 0 Å². The minimum absolute atomic E-state index is 0.212. The monoisotopic (exact) mass is 169 g/mol. The number of hydrogen-bond donors (Lipinski definition) is 1. The summed E-state index contributed by atoms with van der Waals surface area (Å²) in [6.07, 6.45) is 2.78. The van der Waals surface area contributed by atoms with Crippen molar-refractivity contribution in [3.63, 3.8) is 0 Å². The van der Waals surface area contributed by atoms with E-state index in [4.69, 9.17) is 4.74 Å². The number of amides is 1. The maximum Gasteiger partial charge on any atom is 0.220 e. The first-order valence-electron chi connectivity index (χ1n) is 4.60. The first-order valence-corrected chi connectivity index (χ1v) is 4.60. The first-order chi connectivity index (χ1) is 5.73. The average molecular weight is 169 g/mol.